The summed E-state index contributed by atoms with van der Waals surface area (Å²) in [6, 6.07) is 11.8. The summed E-state index contributed by atoms with van der Waals surface area (Å²) in [7, 11) is 0. The molecule has 0 unspecified atom stereocenters. The van der Waals surface area contributed by atoms with Crippen molar-refractivity contribution in [3.8, 4) is 34.5 Å². The number of nitrogens with zero attached hydrogens (tertiary/aromatic N) is 4. The molecule has 0 saturated carbocycles. The van der Waals surface area contributed by atoms with Crippen LogP contribution >= 0.6 is 23.2 Å². The molecule has 0 amide bonds. The largest absolute Gasteiger partial charge is 0.481 e. The average molecular weight is 527 g/mol. The van der Waals surface area contributed by atoms with E-state index in [1.165, 1.54) is 6.07 Å². The first-order valence-corrected chi connectivity index (χ1v) is 11.5. The van der Waals surface area contributed by atoms with Gasteiger partial charge in [0.05, 0.1) is 16.2 Å². The molecule has 0 radical (unpaired) electrons. The first-order valence-electron chi connectivity index (χ1n) is 10.7. The van der Waals surface area contributed by atoms with Crippen LogP contribution in [0.3, 0.4) is 0 Å². The Bertz CT molecular complexity index is 1600. The van der Waals surface area contributed by atoms with Crippen LogP contribution in [0.5, 0.6) is 11.5 Å². The summed E-state index contributed by atoms with van der Waals surface area (Å²) < 4.78 is 27.4. The number of aliphatic carboxylic acids is 1. The van der Waals surface area contributed by atoms with Gasteiger partial charge >= 0.3 is 5.97 Å². The summed E-state index contributed by atoms with van der Waals surface area (Å²) in [4.78, 5) is 19.5. The number of carboxylic acid groups (broad SMARTS) is 1. The summed E-state index contributed by atoms with van der Waals surface area (Å²) in [5.41, 5.74) is 2.31. The Morgan fingerprint density at radius 2 is 1.86 bits per heavy atom. The van der Waals surface area contributed by atoms with E-state index in [2.05, 4.69) is 15.1 Å². The minimum Gasteiger partial charge on any atom is -0.481 e. The number of benzene rings is 2. The van der Waals surface area contributed by atoms with Gasteiger partial charge in [0.1, 0.15) is 23.0 Å². The molecule has 5 aromatic rings. The van der Waals surface area contributed by atoms with Crippen molar-refractivity contribution in [2.75, 3.05) is 0 Å². The third-order valence-corrected chi connectivity index (χ3v) is 5.96. The Balaban J connectivity index is 1.43. The van der Waals surface area contributed by atoms with E-state index < -0.39 is 11.8 Å². The monoisotopic (exact) mass is 526 g/mol. The lowest BCUT2D eigenvalue weighted by molar-refractivity contribution is -0.136. The van der Waals surface area contributed by atoms with Crippen LogP contribution in [-0.2, 0) is 11.2 Å². The molecule has 0 saturated heterocycles. The summed E-state index contributed by atoms with van der Waals surface area (Å²) in [5.74, 6) is -0.323. The topological polar surface area (TPSA) is 103 Å². The van der Waals surface area contributed by atoms with Crippen LogP contribution in [-0.4, -0.2) is 30.6 Å². The molecule has 0 aliphatic heterocycles. The average Bonchev–Trinajstić information content (AvgIpc) is 3.48. The highest BCUT2D eigenvalue weighted by Crippen LogP contribution is 2.32. The standard InChI is InChI=1S/C25H17Cl2FN4O4/c1-13-2-5-15(6-3-13)35-16-9-19(27)24-29-21(12-32(24)11-16)25-30-23(31-36-25)17-10-20(28)14(8-18(17)26)4-7-22(33)34/h2-3,5-6,8-12H,4,7H2,1H3,(H,33,34). The molecule has 5 rings (SSSR count). The van der Waals surface area contributed by atoms with Crippen LogP contribution in [0.25, 0.3) is 28.6 Å². The Hall–Kier alpha value is -3.95. The van der Waals surface area contributed by atoms with Crippen molar-refractivity contribution in [2.45, 2.75) is 19.8 Å². The molecule has 1 N–H and O–H groups in total. The van der Waals surface area contributed by atoms with Gasteiger partial charge in [0.25, 0.3) is 5.89 Å². The highest BCUT2D eigenvalue weighted by atomic mass is 35.5. The van der Waals surface area contributed by atoms with E-state index in [1.807, 2.05) is 31.2 Å². The molecule has 0 fully saturated rings. The second-order valence-electron chi connectivity index (χ2n) is 8.04. The highest BCUT2D eigenvalue weighted by molar-refractivity contribution is 6.33. The van der Waals surface area contributed by atoms with E-state index in [0.717, 1.165) is 11.6 Å². The van der Waals surface area contributed by atoms with Gasteiger partial charge in [-0.05, 0) is 43.2 Å². The maximum absolute atomic E-state index is 14.5. The van der Waals surface area contributed by atoms with Crippen LogP contribution in [0, 0.1) is 12.7 Å². The molecule has 0 bridgehead atoms. The van der Waals surface area contributed by atoms with Gasteiger partial charge in [-0.15, -0.1) is 0 Å². The maximum atomic E-state index is 14.5. The van der Waals surface area contributed by atoms with Crippen molar-refractivity contribution >= 4 is 34.8 Å². The van der Waals surface area contributed by atoms with E-state index in [-0.39, 0.29) is 40.7 Å². The zero-order valence-corrected chi connectivity index (χ0v) is 20.2. The van der Waals surface area contributed by atoms with Gasteiger partial charge in [-0.25, -0.2) is 9.37 Å². The molecule has 8 nitrogen and oxygen atoms in total. The van der Waals surface area contributed by atoms with E-state index in [0.29, 0.717) is 27.9 Å². The fraction of sp³-hybridized carbons (Fsp3) is 0.120. The Morgan fingerprint density at radius 3 is 2.61 bits per heavy atom. The first-order chi connectivity index (χ1) is 17.3. The molecule has 0 aliphatic rings. The molecule has 3 aromatic heterocycles. The van der Waals surface area contributed by atoms with Crippen molar-refractivity contribution in [3.63, 3.8) is 0 Å². The van der Waals surface area contributed by atoms with Crippen molar-refractivity contribution in [2.24, 2.45) is 0 Å². The van der Waals surface area contributed by atoms with Crippen molar-refractivity contribution in [1.82, 2.24) is 19.5 Å². The van der Waals surface area contributed by atoms with Gasteiger partial charge in [0, 0.05) is 24.2 Å². The van der Waals surface area contributed by atoms with Crippen LogP contribution < -0.4 is 4.74 Å². The van der Waals surface area contributed by atoms with Gasteiger partial charge in [-0.2, -0.15) is 4.98 Å². The third-order valence-electron chi connectivity index (χ3n) is 5.37. The van der Waals surface area contributed by atoms with E-state index in [1.54, 1.807) is 22.9 Å². The zero-order valence-electron chi connectivity index (χ0n) is 18.7. The number of hydrogen-bond donors (Lipinski definition) is 1. The molecule has 2 aromatic carbocycles. The lowest BCUT2D eigenvalue weighted by Gasteiger charge is -2.07. The lowest BCUT2D eigenvalue weighted by Crippen LogP contribution is -2.00. The summed E-state index contributed by atoms with van der Waals surface area (Å²) >= 11 is 12.7. The second-order valence-corrected chi connectivity index (χ2v) is 8.85. The molecule has 182 valence electrons. The number of aryl methyl sites for hydroxylation is 2. The van der Waals surface area contributed by atoms with Gasteiger partial charge in [-0.1, -0.05) is 46.1 Å². The first kappa shape index (κ1) is 23.8. The number of hydrogen-bond acceptors (Lipinski definition) is 6. The van der Waals surface area contributed by atoms with Crippen molar-refractivity contribution in [3.05, 3.63) is 81.8 Å². The van der Waals surface area contributed by atoms with Crippen LogP contribution in [0.1, 0.15) is 17.5 Å². The molecule has 36 heavy (non-hydrogen) atoms. The Kier molecular flexibility index (Phi) is 6.34. The Morgan fingerprint density at radius 1 is 1.08 bits per heavy atom. The molecule has 3 heterocycles. The highest BCUT2D eigenvalue weighted by Gasteiger charge is 2.19. The van der Waals surface area contributed by atoms with Gasteiger partial charge < -0.3 is 18.8 Å². The third kappa shape index (κ3) is 4.89. The van der Waals surface area contributed by atoms with Gasteiger partial charge in [-0.3, -0.25) is 4.79 Å². The normalized spacial score (nSPS) is 11.2. The number of pyridine rings is 1. The predicted molar refractivity (Wildman–Crippen MR) is 131 cm³/mol. The summed E-state index contributed by atoms with van der Waals surface area (Å²) in [6.45, 7) is 1.99. The van der Waals surface area contributed by atoms with Gasteiger partial charge in [0.15, 0.2) is 5.65 Å². The summed E-state index contributed by atoms with van der Waals surface area (Å²) in [6.07, 6.45) is 3.16. The summed E-state index contributed by atoms with van der Waals surface area (Å²) in [5, 5.41) is 13.3. The number of fused-ring (bicyclic) bond motifs is 1. The molecular formula is C25H17Cl2FN4O4. The van der Waals surface area contributed by atoms with E-state index in [4.69, 9.17) is 37.6 Å². The number of imidazole rings is 1. The Labute approximate surface area is 213 Å². The molecule has 0 atom stereocenters. The van der Waals surface area contributed by atoms with E-state index in [9.17, 15) is 9.18 Å². The number of carbonyl (C=O) groups is 1. The fourth-order valence-corrected chi connectivity index (χ4v) is 4.08. The molecular weight excluding hydrogens is 510 g/mol. The lowest BCUT2D eigenvalue weighted by atomic mass is 10.1. The zero-order chi connectivity index (χ0) is 25.4. The fourth-order valence-electron chi connectivity index (χ4n) is 3.56. The van der Waals surface area contributed by atoms with Crippen LogP contribution in [0.4, 0.5) is 4.39 Å². The SMILES string of the molecule is Cc1ccc(Oc2cc(Cl)c3nc(-c4nc(-c5cc(F)c(CCC(=O)O)cc5Cl)no4)cn3c2)cc1. The number of carboxylic acids is 1. The number of halogens is 3. The minimum atomic E-state index is -1.03. The predicted octanol–water partition coefficient (Wildman–Crippen LogP) is 6.62. The van der Waals surface area contributed by atoms with Crippen molar-refractivity contribution in [1.29, 1.82) is 0 Å². The minimum absolute atomic E-state index is 0.0102. The van der Waals surface area contributed by atoms with Crippen LogP contribution in [0.15, 0.2) is 59.4 Å². The van der Waals surface area contributed by atoms with Crippen molar-refractivity contribution < 1.29 is 23.6 Å². The van der Waals surface area contributed by atoms with E-state index >= 15 is 0 Å². The number of aromatic nitrogens is 4. The quantitative estimate of drug-likeness (QED) is 0.254. The van der Waals surface area contributed by atoms with Crippen LogP contribution in [0.2, 0.25) is 10.0 Å². The molecule has 11 heteroatoms. The maximum Gasteiger partial charge on any atom is 0.303 e. The molecule has 0 aliphatic carbocycles. The number of ether oxygens (including phenoxy) is 1. The molecule has 0 spiro atoms. The number of rotatable bonds is 7. The van der Waals surface area contributed by atoms with Gasteiger partial charge in [0.2, 0.25) is 5.82 Å². The smallest absolute Gasteiger partial charge is 0.303 e. The second kappa shape index (κ2) is 9.60.